The molecule has 0 unspecified atom stereocenters. The highest BCUT2D eigenvalue weighted by atomic mass is 16.1. The van der Waals surface area contributed by atoms with Crippen LogP contribution in [0.15, 0.2) is 24.3 Å². The van der Waals surface area contributed by atoms with E-state index in [9.17, 15) is 4.79 Å². The first-order chi connectivity index (χ1) is 7.24. The summed E-state index contributed by atoms with van der Waals surface area (Å²) in [5, 5.41) is 3.81. The third-order valence-corrected chi connectivity index (χ3v) is 2.46. The van der Waals surface area contributed by atoms with Crippen LogP contribution >= 0.6 is 0 Å². The number of rotatable bonds is 2. The molecular weight excluding hydrogens is 188 g/mol. The second-order valence-electron chi connectivity index (χ2n) is 3.53. The summed E-state index contributed by atoms with van der Waals surface area (Å²) in [6, 6.07) is 7.84. The summed E-state index contributed by atoms with van der Waals surface area (Å²) in [6.45, 7) is 4.49. The Morgan fingerprint density at radius 3 is 2.87 bits per heavy atom. The summed E-state index contributed by atoms with van der Waals surface area (Å²) < 4.78 is 0. The van der Waals surface area contributed by atoms with Gasteiger partial charge in [-0.3, -0.25) is 4.79 Å². The lowest BCUT2D eigenvalue weighted by atomic mass is 10.1. The lowest BCUT2D eigenvalue weighted by Gasteiger charge is -2.01. The number of benzene rings is 1. The van der Waals surface area contributed by atoms with E-state index in [1.54, 1.807) is 0 Å². The average molecular weight is 202 g/mol. The van der Waals surface area contributed by atoms with E-state index in [4.69, 9.17) is 0 Å². The number of nitrogens with one attached hydrogen (secondary N) is 2. The topological polar surface area (TPSA) is 44.9 Å². The van der Waals surface area contributed by atoms with Crippen molar-refractivity contribution >= 4 is 16.8 Å². The van der Waals surface area contributed by atoms with Crippen LogP contribution in [0, 0.1) is 6.92 Å². The van der Waals surface area contributed by atoms with Gasteiger partial charge in [-0.2, -0.15) is 0 Å². The van der Waals surface area contributed by atoms with Crippen molar-refractivity contribution in [3.63, 3.8) is 0 Å². The van der Waals surface area contributed by atoms with Crippen LogP contribution < -0.4 is 5.32 Å². The van der Waals surface area contributed by atoms with E-state index in [2.05, 4.69) is 10.3 Å². The lowest BCUT2D eigenvalue weighted by molar-refractivity contribution is 0.0957. The Kier molecular flexibility index (Phi) is 2.46. The number of amides is 1. The van der Waals surface area contributed by atoms with Gasteiger partial charge in [0.05, 0.1) is 5.56 Å². The highest BCUT2D eigenvalue weighted by molar-refractivity contribution is 6.08. The molecule has 1 aromatic carbocycles. The molecule has 1 heterocycles. The third-order valence-electron chi connectivity index (χ3n) is 2.46. The number of aromatic nitrogens is 1. The highest BCUT2D eigenvalue weighted by Crippen LogP contribution is 2.21. The summed E-state index contributed by atoms with van der Waals surface area (Å²) >= 11 is 0. The molecule has 0 atom stereocenters. The zero-order valence-corrected chi connectivity index (χ0v) is 8.92. The van der Waals surface area contributed by atoms with Crippen molar-refractivity contribution in [1.29, 1.82) is 0 Å². The van der Waals surface area contributed by atoms with Crippen molar-refractivity contribution in [3.8, 4) is 0 Å². The van der Waals surface area contributed by atoms with Crippen molar-refractivity contribution in [2.45, 2.75) is 13.8 Å². The van der Waals surface area contributed by atoms with Crippen LogP contribution in [0.25, 0.3) is 10.9 Å². The van der Waals surface area contributed by atoms with E-state index in [1.807, 2.05) is 38.1 Å². The molecule has 0 aliphatic rings. The van der Waals surface area contributed by atoms with Crippen molar-refractivity contribution in [1.82, 2.24) is 10.3 Å². The maximum absolute atomic E-state index is 11.8. The van der Waals surface area contributed by atoms with E-state index in [-0.39, 0.29) is 5.91 Å². The van der Waals surface area contributed by atoms with Gasteiger partial charge in [0.1, 0.15) is 0 Å². The Morgan fingerprint density at radius 2 is 2.13 bits per heavy atom. The Hall–Kier alpha value is -1.77. The first-order valence-corrected chi connectivity index (χ1v) is 5.09. The number of carbonyl (C=O) groups is 1. The van der Waals surface area contributed by atoms with Crippen LogP contribution in [0.3, 0.4) is 0 Å². The minimum atomic E-state index is -0.00699. The van der Waals surface area contributed by atoms with Gasteiger partial charge in [0, 0.05) is 23.1 Å². The number of para-hydroxylation sites is 1. The molecule has 0 radical (unpaired) electrons. The van der Waals surface area contributed by atoms with Crippen LogP contribution in [0.5, 0.6) is 0 Å². The zero-order chi connectivity index (χ0) is 10.8. The summed E-state index contributed by atoms with van der Waals surface area (Å²) in [5.74, 6) is -0.00699. The van der Waals surface area contributed by atoms with Gasteiger partial charge in [0.25, 0.3) is 5.91 Å². The third kappa shape index (κ3) is 1.61. The fraction of sp³-hybridized carbons (Fsp3) is 0.250. The monoisotopic (exact) mass is 202 g/mol. The van der Waals surface area contributed by atoms with Gasteiger partial charge in [-0.1, -0.05) is 18.2 Å². The predicted molar refractivity (Wildman–Crippen MR) is 61.0 cm³/mol. The number of carbonyl (C=O) groups excluding carboxylic acids is 1. The molecule has 2 aromatic rings. The predicted octanol–water partition coefficient (Wildman–Crippen LogP) is 2.23. The Balaban J connectivity index is 2.58. The zero-order valence-electron chi connectivity index (χ0n) is 8.92. The molecule has 3 nitrogen and oxygen atoms in total. The van der Waals surface area contributed by atoms with E-state index in [1.165, 1.54) is 0 Å². The maximum Gasteiger partial charge on any atom is 0.253 e. The second kappa shape index (κ2) is 3.77. The smallest absolute Gasteiger partial charge is 0.253 e. The molecule has 0 aliphatic heterocycles. The number of H-pyrrole nitrogens is 1. The number of aryl methyl sites for hydroxylation is 1. The first-order valence-electron chi connectivity index (χ1n) is 5.09. The molecule has 15 heavy (non-hydrogen) atoms. The fourth-order valence-electron chi connectivity index (χ4n) is 1.82. The summed E-state index contributed by atoms with van der Waals surface area (Å²) in [7, 11) is 0. The molecule has 2 rings (SSSR count). The van der Waals surface area contributed by atoms with Crippen LogP contribution in [-0.4, -0.2) is 17.4 Å². The Labute approximate surface area is 88.5 Å². The molecule has 1 amide bonds. The van der Waals surface area contributed by atoms with Gasteiger partial charge < -0.3 is 10.3 Å². The van der Waals surface area contributed by atoms with Crippen molar-refractivity contribution in [3.05, 3.63) is 35.5 Å². The van der Waals surface area contributed by atoms with E-state index >= 15 is 0 Å². The average Bonchev–Trinajstić information content (AvgIpc) is 2.54. The fourth-order valence-corrected chi connectivity index (χ4v) is 1.82. The minimum absolute atomic E-state index is 0.00699. The molecule has 0 aliphatic carbocycles. The van der Waals surface area contributed by atoms with Crippen LogP contribution in [0.4, 0.5) is 0 Å². The van der Waals surface area contributed by atoms with Crippen LogP contribution in [-0.2, 0) is 0 Å². The van der Waals surface area contributed by atoms with Gasteiger partial charge in [0.2, 0.25) is 0 Å². The van der Waals surface area contributed by atoms with E-state index in [0.29, 0.717) is 6.54 Å². The molecule has 0 spiro atoms. The molecule has 0 fully saturated rings. The summed E-state index contributed by atoms with van der Waals surface area (Å²) in [5.41, 5.74) is 2.69. The van der Waals surface area contributed by atoms with Crippen molar-refractivity contribution in [2.75, 3.05) is 6.54 Å². The van der Waals surface area contributed by atoms with Crippen LogP contribution in [0.2, 0.25) is 0 Å². The quantitative estimate of drug-likeness (QED) is 0.770. The van der Waals surface area contributed by atoms with Gasteiger partial charge in [-0.25, -0.2) is 0 Å². The SMILES string of the molecule is CCNC(=O)c1c(C)[nH]c2ccccc12. The van der Waals surface area contributed by atoms with Gasteiger partial charge >= 0.3 is 0 Å². The van der Waals surface area contributed by atoms with Crippen LogP contribution in [0.1, 0.15) is 23.0 Å². The molecule has 2 N–H and O–H groups in total. The maximum atomic E-state index is 11.8. The summed E-state index contributed by atoms with van der Waals surface area (Å²) in [4.78, 5) is 15.0. The molecule has 78 valence electrons. The molecule has 3 heteroatoms. The number of hydrogen-bond donors (Lipinski definition) is 2. The van der Waals surface area contributed by atoms with Gasteiger partial charge in [-0.15, -0.1) is 0 Å². The molecule has 0 bridgehead atoms. The molecule has 0 saturated heterocycles. The van der Waals surface area contributed by atoms with E-state index < -0.39 is 0 Å². The van der Waals surface area contributed by atoms with Crippen molar-refractivity contribution < 1.29 is 4.79 Å². The number of aromatic amines is 1. The molecule has 1 aromatic heterocycles. The van der Waals surface area contributed by atoms with Gasteiger partial charge in [-0.05, 0) is 19.9 Å². The minimum Gasteiger partial charge on any atom is -0.358 e. The Morgan fingerprint density at radius 1 is 1.40 bits per heavy atom. The largest absolute Gasteiger partial charge is 0.358 e. The Bertz CT molecular complexity index is 499. The lowest BCUT2D eigenvalue weighted by Crippen LogP contribution is -2.23. The standard InChI is InChI=1S/C12H14N2O/c1-3-13-12(15)11-8(2)14-10-7-5-4-6-9(10)11/h4-7,14H,3H2,1-2H3,(H,13,15). The highest BCUT2D eigenvalue weighted by Gasteiger charge is 2.14. The number of hydrogen-bond acceptors (Lipinski definition) is 1. The molecular formula is C12H14N2O. The van der Waals surface area contributed by atoms with Crippen molar-refractivity contribution in [2.24, 2.45) is 0 Å². The summed E-state index contributed by atoms with van der Waals surface area (Å²) in [6.07, 6.45) is 0. The van der Waals surface area contributed by atoms with E-state index in [0.717, 1.165) is 22.2 Å². The first kappa shape index (κ1) is 9.77. The van der Waals surface area contributed by atoms with Gasteiger partial charge in [0.15, 0.2) is 0 Å². The normalized spacial score (nSPS) is 10.5. The number of fused-ring (bicyclic) bond motifs is 1. The second-order valence-corrected chi connectivity index (χ2v) is 3.53. The molecule has 0 saturated carbocycles.